The second kappa shape index (κ2) is 5.79. The van der Waals surface area contributed by atoms with Gasteiger partial charge in [-0.1, -0.05) is 72.8 Å². The molecule has 1 atom stereocenters. The molecule has 0 fully saturated rings. The number of fused-ring (bicyclic) bond motifs is 3. The van der Waals surface area contributed by atoms with Crippen LogP contribution in [-0.2, 0) is 4.57 Å². The van der Waals surface area contributed by atoms with Crippen LogP contribution in [0.15, 0.2) is 97.2 Å². The summed E-state index contributed by atoms with van der Waals surface area (Å²) in [7, 11) is -2.88. The summed E-state index contributed by atoms with van der Waals surface area (Å²) in [5, 5.41) is 2.72. The highest BCUT2D eigenvalue weighted by molar-refractivity contribution is 7.86. The van der Waals surface area contributed by atoms with Crippen LogP contribution in [0, 0.1) is 0 Å². The predicted molar refractivity (Wildman–Crippen MR) is 108 cm³/mol. The van der Waals surface area contributed by atoms with E-state index in [2.05, 4.69) is 29.2 Å². The summed E-state index contributed by atoms with van der Waals surface area (Å²) < 4.78 is 14.4. The first-order chi connectivity index (χ1) is 12.8. The van der Waals surface area contributed by atoms with Gasteiger partial charge in [-0.05, 0) is 29.3 Å². The van der Waals surface area contributed by atoms with Crippen molar-refractivity contribution < 1.29 is 4.57 Å². The van der Waals surface area contributed by atoms with Gasteiger partial charge < -0.3 is 4.57 Å². The third-order valence-electron chi connectivity index (χ3n) is 4.95. The van der Waals surface area contributed by atoms with Crippen molar-refractivity contribution in [3.05, 3.63) is 97.2 Å². The summed E-state index contributed by atoms with van der Waals surface area (Å²) in [6.45, 7) is 0. The Balaban J connectivity index is 1.82. The molecule has 0 radical (unpaired) electrons. The smallest absolute Gasteiger partial charge is 0.172 e. The van der Waals surface area contributed by atoms with E-state index in [0.29, 0.717) is 0 Å². The lowest BCUT2D eigenvalue weighted by atomic mass is 10.0. The molecule has 5 rings (SSSR count). The molecule has 2 heterocycles. The van der Waals surface area contributed by atoms with E-state index in [1.54, 1.807) is 6.20 Å². The number of aromatic nitrogens is 1. The average Bonchev–Trinajstić information content (AvgIpc) is 2.99. The van der Waals surface area contributed by atoms with Crippen LogP contribution in [0.5, 0.6) is 0 Å². The third kappa shape index (κ3) is 2.13. The second-order valence-electron chi connectivity index (χ2n) is 6.41. The van der Waals surface area contributed by atoms with E-state index in [1.807, 2.05) is 66.7 Å². The van der Waals surface area contributed by atoms with Gasteiger partial charge in [0.05, 0.1) is 5.69 Å². The summed E-state index contributed by atoms with van der Waals surface area (Å²) in [4.78, 5) is 4.45. The molecule has 0 spiro atoms. The first kappa shape index (κ1) is 15.3. The minimum atomic E-state index is -2.88. The quantitative estimate of drug-likeness (QED) is 0.441. The minimum absolute atomic E-state index is 0.879. The Morgan fingerprint density at radius 3 is 2.19 bits per heavy atom. The first-order valence-electron chi connectivity index (χ1n) is 8.60. The van der Waals surface area contributed by atoms with Gasteiger partial charge in [-0.25, -0.2) is 0 Å². The fourth-order valence-corrected chi connectivity index (χ4v) is 6.83. The topological polar surface area (TPSA) is 30.0 Å². The number of benzene rings is 3. The fourth-order valence-electron chi connectivity index (χ4n) is 3.73. The molecule has 1 aromatic heterocycles. The molecule has 26 heavy (non-hydrogen) atoms. The van der Waals surface area contributed by atoms with E-state index in [4.69, 9.17) is 0 Å². The molecule has 124 valence electrons. The van der Waals surface area contributed by atoms with Crippen molar-refractivity contribution in [2.24, 2.45) is 0 Å². The van der Waals surface area contributed by atoms with Gasteiger partial charge in [0, 0.05) is 27.7 Å². The number of nitrogens with zero attached hydrogens (tertiary/aromatic N) is 1. The van der Waals surface area contributed by atoms with Crippen LogP contribution in [0.3, 0.4) is 0 Å². The highest BCUT2D eigenvalue weighted by Crippen LogP contribution is 2.52. The maximum Gasteiger partial charge on any atom is 0.172 e. The number of hydrogen-bond acceptors (Lipinski definition) is 2. The summed E-state index contributed by atoms with van der Waals surface area (Å²) in [5.74, 6) is 0. The summed E-state index contributed by atoms with van der Waals surface area (Å²) >= 11 is 0. The zero-order valence-corrected chi connectivity index (χ0v) is 14.9. The van der Waals surface area contributed by atoms with Crippen LogP contribution < -0.4 is 15.9 Å². The van der Waals surface area contributed by atoms with Crippen molar-refractivity contribution in [1.29, 1.82) is 0 Å². The second-order valence-corrected chi connectivity index (χ2v) is 9.11. The SMILES string of the molecule is O=P1(c2ccccc2)c2ccccc2-c2ccc(-c3ccccn3)cc21. The van der Waals surface area contributed by atoms with Crippen molar-refractivity contribution in [2.75, 3.05) is 0 Å². The van der Waals surface area contributed by atoms with Gasteiger partial charge in [-0.3, -0.25) is 4.98 Å². The van der Waals surface area contributed by atoms with Gasteiger partial charge in [0.2, 0.25) is 0 Å². The maximum atomic E-state index is 14.4. The van der Waals surface area contributed by atoms with E-state index in [-0.39, 0.29) is 0 Å². The van der Waals surface area contributed by atoms with E-state index in [0.717, 1.165) is 38.3 Å². The van der Waals surface area contributed by atoms with Crippen LogP contribution >= 0.6 is 7.14 Å². The molecule has 2 nitrogen and oxygen atoms in total. The normalized spacial score (nSPS) is 17.5. The molecular formula is C23H16NOP. The fraction of sp³-hybridized carbons (Fsp3) is 0. The molecule has 0 bridgehead atoms. The lowest BCUT2D eigenvalue weighted by Crippen LogP contribution is -2.20. The van der Waals surface area contributed by atoms with Gasteiger partial charge in [0.1, 0.15) is 0 Å². The van der Waals surface area contributed by atoms with Gasteiger partial charge in [0.15, 0.2) is 7.14 Å². The van der Waals surface area contributed by atoms with Crippen molar-refractivity contribution in [3.63, 3.8) is 0 Å². The van der Waals surface area contributed by atoms with Crippen LogP contribution in [0.4, 0.5) is 0 Å². The molecule has 4 aromatic rings. The largest absolute Gasteiger partial charge is 0.309 e. The lowest BCUT2D eigenvalue weighted by molar-refractivity contribution is 0.593. The van der Waals surface area contributed by atoms with Gasteiger partial charge >= 0.3 is 0 Å². The Morgan fingerprint density at radius 2 is 1.38 bits per heavy atom. The number of rotatable bonds is 2. The van der Waals surface area contributed by atoms with Gasteiger partial charge in [-0.2, -0.15) is 0 Å². The Morgan fingerprint density at radius 1 is 0.654 bits per heavy atom. The molecule has 0 amide bonds. The number of pyridine rings is 1. The van der Waals surface area contributed by atoms with Crippen molar-refractivity contribution in [1.82, 2.24) is 4.98 Å². The van der Waals surface area contributed by atoms with Crippen molar-refractivity contribution >= 4 is 23.1 Å². The predicted octanol–water partition coefficient (Wildman–Crippen LogP) is 4.37. The first-order valence-corrected chi connectivity index (χ1v) is 10.3. The van der Waals surface area contributed by atoms with Crippen LogP contribution in [0.1, 0.15) is 0 Å². The molecule has 1 aliphatic heterocycles. The standard InChI is InChI=1S/C23H16NOP/c25-26(18-8-2-1-3-9-18)22-12-5-4-10-19(22)20-14-13-17(16-23(20)26)21-11-6-7-15-24-21/h1-16H. The summed E-state index contributed by atoms with van der Waals surface area (Å²) in [5.41, 5.74) is 4.02. The molecule has 0 aliphatic carbocycles. The van der Waals surface area contributed by atoms with Crippen molar-refractivity contribution in [3.8, 4) is 22.4 Å². The molecule has 3 aromatic carbocycles. The van der Waals surface area contributed by atoms with Gasteiger partial charge in [0.25, 0.3) is 0 Å². The molecule has 3 heteroatoms. The zero-order valence-electron chi connectivity index (χ0n) is 14.0. The highest BCUT2D eigenvalue weighted by Gasteiger charge is 2.40. The molecule has 0 N–H and O–H groups in total. The highest BCUT2D eigenvalue weighted by atomic mass is 31.2. The van der Waals surface area contributed by atoms with Crippen LogP contribution in [-0.4, -0.2) is 4.98 Å². The number of hydrogen-bond donors (Lipinski definition) is 0. The van der Waals surface area contributed by atoms with Crippen LogP contribution in [0.25, 0.3) is 22.4 Å². The Hall–Kier alpha value is -2.96. The summed E-state index contributed by atoms with van der Waals surface area (Å²) in [6, 6.07) is 29.9. The van der Waals surface area contributed by atoms with Gasteiger partial charge in [-0.15, -0.1) is 0 Å². The van der Waals surface area contributed by atoms with E-state index in [9.17, 15) is 4.57 Å². The van der Waals surface area contributed by atoms with Crippen molar-refractivity contribution in [2.45, 2.75) is 0 Å². The molecular weight excluding hydrogens is 337 g/mol. The maximum absolute atomic E-state index is 14.4. The average molecular weight is 353 g/mol. The Bertz CT molecular complexity index is 1150. The summed E-state index contributed by atoms with van der Waals surface area (Å²) in [6.07, 6.45) is 1.79. The molecule has 0 saturated carbocycles. The van der Waals surface area contributed by atoms with E-state index in [1.165, 1.54) is 0 Å². The minimum Gasteiger partial charge on any atom is -0.309 e. The third-order valence-corrected chi connectivity index (χ3v) is 8.09. The monoisotopic (exact) mass is 353 g/mol. The molecule has 1 aliphatic rings. The molecule has 1 unspecified atom stereocenters. The lowest BCUT2D eigenvalue weighted by Gasteiger charge is -2.16. The molecule has 0 saturated heterocycles. The zero-order chi connectivity index (χ0) is 17.6. The van der Waals surface area contributed by atoms with E-state index >= 15 is 0 Å². The van der Waals surface area contributed by atoms with Crippen LogP contribution in [0.2, 0.25) is 0 Å². The Kier molecular flexibility index (Phi) is 3.41. The Labute approximate surface area is 152 Å². The van der Waals surface area contributed by atoms with E-state index < -0.39 is 7.14 Å².